The Balaban J connectivity index is 1.41. The smallest absolute Gasteiger partial charge is 0.152 e. The van der Waals surface area contributed by atoms with Gasteiger partial charge in [0.1, 0.15) is 12.2 Å². The maximum Gasteiger partial charge on any atom is 0.152 e. The molecule has 6 atom stereocenters. The molecule has 136 valence electrons. The van der Waals surface area contributed by atoms with Crippen LogP contribution in [0.1, 0.15) is 37.2 Å². The van der Waals surface area contributed by atoms with Crippen LogP contribution in [-0.2, 0) is 9.47 Å². The molecule has 0 bridgehead atoms. The van der Waals surface area contributed by atoms with Crippen molar-refractivity contribution in [2.24, 2.45) is 0 Å². The van der Waals surface area contributed by atoms with Crippen molar-refractivity contribution in [2.45, 2.75) is 50.6 Å². The summed E-state index contributed by atoms with van der Waals surface area (Å²) in [5.41, 5.74) is 2.51. The normalized spacial score (nSPS) is 37.5. The van der Waals surface area contributed by atoms with Crippen LogP contribution in [0.5, 0.6) is 0 Å². The van der Waals surface area contributed by atoms with E-state index in [0.717, 1.165) is 13.1 Å². The topological polar surface area (TPSA) is 24.9 Å². The zero-order chi connectivity index (χ0) is 17.7. The first kappa shape index (κ1) is 16.5. The summed E-state index contributed by atoms with van der Waals surface area (Å²) < 4.78 is 13.1. The van der Waals surface area contributed by atoms with Gasteiger partial charge in [-0.2, -0.15) is 0 Å². The largest absolute Gasteiger partial charge is 0.349 e. The van der Waals surface area contributed by atoms with E-state index in [4.69, 9.17) is 9.47 Å². The number of rotatable bonds is 2. The summed E-state index contributed by atoms with van der Waals surface area (Å²) in [5.74, 6) is 0. The zero-order valence-corrected chi connectivity index (χ0v) is 15.4. The molecule has 0 saturated carbocycles. The first-order chi connectivity index (χ1) is 12.7. The Labute approximate surface area is 155 Å². The van der Waals surface area contributed by atoms with Crippen molar-refractivity contribution in [3.63, 3.8) is 0 Å². The lowest BCUT2D eigenvalue weighted by Crippen LogP contribution is -2.58. The lowest BCUT2D eigenvalue weighted by molar-refractivity contribution is -0.163. The van der Waals surface area contributed by atoms with Gasteiger partial charge in [-0.05, 0) is 25.0 Å². The first-order valence-electron chi connectivity index (χ1n) is 9.66. The van der Waals surface area contributed by atoms with Gasteiger partial charge in [0.25, 0.3) is 0 Å². The van der Waals surface area contributed by atoms with E-state index < -0.39 is 0 Å². The molecule has 2 unspecified atom stereocenters. The maximum atomic E-state index is 6.57. The van der Waals surface area contributed by atoms with Crippen molar-refractivity contribution < 1.29 is 9.47 Å². The average Bonchev–Trinajstić information content (AvgIpc) is 3.21. The van der Waals surface area contributed by atoms with E-state index in [9.17, 15) is 0 Å². The third kappa shape index (κ3) is 2.52. The molecule has 0 radical (unpaired) electrons. The van der Waals surface area contributed by atoms with Gasteiger partial charge in [0.05, 0.1) is 0 Å². The van der Waals surface area contributed by atoms with Gasteiger partial charge in [0.15, 0.2) is 12.5 Å². The quantitative estimate of drug-likeness (QED) is 0.827. The summed E-state index contributed by atoms with van der Waals surface area (Å²) in [6.45, 7) is 6.61. The molecule has 3 aliphatic rings. The summed E-state index contributed by atoms with van der Waals surface area (Å²) in [6, 6.07) is 21.9. The van der Waals surface area contributed by atoms with Crippen LogP contribution in [-0.4, -0.2) is 47.4 Å². The van der Waals surface area contributed by atoms with Gasteiger partial charge in [-0.15, -0.1) is 0 Å². The molecule has 0 spiro atoms. The first-order valence-corrected chi connectivity index (χ1v) is 9.66. The summed E-state index contributed by atoms with van der Waals surface area (Å²) >= 11 is 0. The molecule has 0 aliphatic carbocycles. The Kier molecular flexibility index (Phi) is 4.09. The van der Waals surface area contributed by atoms with E-state index in [1.54, 1.807) is 0 Å². The number of benzene rings is 2. The second-order valence-electron chi connectivity index (χ2n) is 7.67. The monoisotopic (exact) mass is 350 g/mol. The molecule has 2 aromatic rings. The second kappa shape index (κ2) is 6.46. The van der Waals surface area contributed by atoms with Gasteiger partial charge in [-0.1, -0.05) is 60.7 Å². The summed E-state index contributed by atoms with van der Waals surface area (Å²) in [6.07, 6.45) is 0.215. The number of fused-ring (bicyclic) bond motifs is 3. The molecular formula is C22H26N2O2. The Morgan fingerprint density at radius 3 is 1.42 bits per heavy atom. The summed E-state index contributed by atoms with van der Waals surface area (Å²) in [5, 5.41) is 0. The fourth-order valence-electron chi connectivity index (χ4n) is 4.85. The van der Waals surface area contributed by atoms with Gasteiger partial charge in [-0.3, -0.25) is 9.80 Å². The number of hydrogen-bond donors (Lipinski definition) is 0. The predicted molar refractivity (Wildman–Crippen MR) is 100 cm³/mol. The minimum atomic E-state index is 0.000110. The highest BCUT2D eigenvalue weighted by molar-refractivity contribution is 5.23. The summed E-state index contributed by atoms with van der Waals surface area (Å²) in [4.78, 5) is 4.97. The van der Waals surface area contributed by atoms with Crippen LogP contribution in [0.4, 0.5) is 0 Å². The Hall–Kier alpha value is -1.72. The van der Waals surface area contributed by atoms with Crippen molar-refractivity contribution in [3.8, 4) is 0 Å². The Morgan fingerprint density at radius 1 is 0.654 bits per heavy atom. The van der Waals surface area contributed by atoms with Crippen LogP contribution in [0.2, 0.25) is 0 Å². The molecule has 0 amide bonds. The van der Waals surface area contributed by atoms with Crippen LogP contribution in [0.3, 0.4) is 0 Å². The van der Waals surface area contributed by atoms with E-state index in [1.165, 1.54) is 11.1 Å². The molecule has 26 heavy (non-hydrogen) atoms. The SMILES string of the molecule is C[C@@H]1[C@H](c2ccccc2)OC2C3O[C@@H](c4ccccc4)[C@@H](C)N3CCN21. The molecular weight excluding hydrogens is 324 g/mol. The van der Waals surface area contributed by atoms with Crippen LogP contribution < -0.4 is 0 Å². The van der Waals surface area contributed by atoms with Crippen molar-refractivity contribution >= 4 is 0 Å². The number of ether oxygens (including phenoxy) is 2. The lowest BCUT2D eigenvalue weighted by Gasteiger charge is -2.40. The van der Waals surface area contributed by atoms with Gasteiger partial charge < -0.3 is 9.47 Å². The number of piperazine rings is 1. The zero-order valence-electron chi connectivity index (χ0n) is 15.4. The minimum Gasteiger partial charge on any atom is -0.349 e. The fraction of sp³-hybridized carbons (Fsp3) is 0.455. The molecule has 3 heterocycles. The fourth-order valence-corrected chi connectivity index (χ4v) is 4.85. The second-order valence-corrected chi connectivity index (χ2v) is 7.67. The Bertz CT molecular complexity index is 688. The van der Waals surface area contributed by atoms with E-state index >= 15 is 0 Å². The highest BCUT2D eigenvalue weighted by Crippen LogP contribution is 2.45. The van der Waals surface area contributed by atoms with Crippen LogP contribution in [0, 0.1) is 0 Å². The molecule has 3 saturated heterocycles. The molecule has 0 N–H and O–H groups in total. The average molecular weight is 350 g/mol. The molecule has 3 aliphatic heterocycles. The van der Waals surface area contributed by atoms with Gasteiger partial charge in [0, 0.05) is 25.2 Å². The Morgan fingerprint density at radius 2 is 1.04 bits per heavy atom. The predicted octanol–water partition coefficient (Wildman–Crippen LogP) is 3.58. The van der Waals surface area contributed by atoms with Crippen molar-refractivity contribution in [1.29, 1.82) is 0 Å². The molecule has 5 rings (SSSR count). The lowest BCUT2D eigenvalue weighted by atomic mass is 10.0. The number of nitrogens with zero attached hydrogens (tertiary/aromatic N) is 2. The molecule has 0 aromatic heterocycles. The van der Waals surface area contributed by atoms with Crippen LogP contribution in [0.25, 0.3) is 0 Å². The highest BCUT2D eigenvalue weighted by Gasteiger charge is 2.54. The van der Waals surface area contributed by atoms with Crippen LogP contribution >= 0.6 is 0 Å². The minimum absolute atomic E-state index is 0.000110. The summed E-state index contributed by atoms with van der Waals surface area (Å²) in [7, 11) is 0. The van der Waals surface area contributed by atoms with E-state index in [2.05, 4.69) is 84.3 Å². The highest BCUT2D eigenvalue weighted by atomic mass is 16.6. The third-order valence-electron chi connectivity index (χ3n) is 6.26. The molecule has 4 heteroatoms. The van der Waals surface area contributed by atoms with E-state index in [0.29, 0.717) is 12.1 Å². The van der Waals surface area contributed by atoms with Gasteiger partial charge in [-0.25, -0.2) is 0 Å². The van der Waals surface area contributed by atoms with Crippen molar-refractivity contribution in [1.82, 2.24) is 9.80 Å². The number of hydrogen-bond acceptors (Lipinski definition) is 4. The van der Waals surface area contributed by atoms with Crippen molar-refractivity contribution in [2.75, 3.05) is 13.1 Å². The molecule has 2 aromatic carbocycles. The van der Waals surface area contributed by atoms with Crippen molar-refractivity contribution in [3.05, 3.63) is 71.8 Å². The molecule has 3 fully saturated rings. The van der Waals surface area contributed by atoms with Crippen LogP contribution in [0.15, 0.2) is 60.7 Å². The third-order valence-corrected chi connectivity index (χ3v) is 6.26. The maximum absolute atomic E-state index is 6.57. The standard InChI is InChI=1S/C22H26N2O2/c1-15-19(17-9-5-3-6-10-17)25-21-22-24(14-13-23(15)21)16(2)20(26-22)18-11-7-4-8-12-18/h3-12,15-16,19-22H,13-14H2,1-2H3/t15-,16-,19-,20-,21?,22?/m1/s1. The van der Waals surface area contributed by atoms with Gasteiger partial charge >= 0.3 is 0 Å². The van der Waals surface area contributed by atoms with E-state index in [-0.39, 0.29) is 24.7 Å². The van der Waals surface area contributed by atoms with Gasteiger partial charge in [0.2, 0.25) is 0 Å². The van der Waals surface area contributed by atoms with E-state index in [1.807, 2.05) is 0 Å². The molecule has 4 nitrogen and oxygen atoms in total.